The Bertz CT molecular complexity index is 641. The van der Waals surface area contributed by atoms with Gasteiger partial charge in [0.15, 0.2) is 5.52 Å². The molecule has 2 rings (SSSR count). The number of hydrogen-bond donors (Lipinski definition) is 2. The number of unbranched alkanes of at least 4 members (excludes halogenated alkanes) is 1. The summed E-state index contributed by atoms with van der Waals surface area (Å²) >= 11 is 1.37. The Hall–Kier alpha value is -2.22. The maximum atomic E-state index is 11.2. The number of aromatic nitrogens is 1. The lowest BCUT2D eigenvalue weighted by Gasteiger charge is -2.06. The molecule has 1 amide bonds. The highest BCUT2D eigenvalue weighted by Gasteiger charge is 2.20. The minimum absolute atomic E-state index is 0.00125. The summed E-state index contributed by atoms with van der Waals surface area (Å²) in [4.78, 5) is 25.4. The zero-order valence-electron chi connectivity index (χ0n) is 10.7. The summed E-state index contributed by atoms with van der Waals surface area (Å²) in [5.74, 6) is -0.333. The molecule has 0 bridgehead atoms. The standard InChI is InChI=1S/C12H14N4O3S/c13-10(17)3-1-2-6-14-8-4-5-9-11(15-7-20-9)12(8)16(18)19/h4-5,7,14H,1-3,6H2,(H2,13,17). The fraction of sp³-hybridized carbons (Fsp3) is 0.333. The van der Waals surface area contributed by atoms with Crippen LogP contribution in [0.3, 0.4) is 0 Å². The lowest BCUT2D eigenvalue weighted by Crippen LogP contribution is -2.11. The molecule has 0 aliphatic heterocycles. The van der Waals surface area contributed by atoms with Gasteiger partial charge in [0.25, 0.3) is 0 Å². The van der Waals surface area contributed by atoms with Gasteiger partial charge in [0.2, 0.25) is 5.91 Å². The van der Waals surface area contributed by atoms with E-state index in [1.807, 2.05) is 6.07 Å². The molecule has 1 aromatic carbocycles. The first-order valence-electron chi connectivity index (χ1n) is 6.12. The first-order chi connectivity index (χ1) is 9.59. The topological polar surface area (TPSA) is 111 Å². The fourth-order valence-corrected chi connectivity index (χ4v) is 2.57. The molecule has 0 radical (unpaired) electrons. The number of nitro groups is 1. The number of nitrogens with one attached hydrogen (secondary N) is 1. The first kappa shape index (κ1) is 14.2. The van der Waals surface area contributed by atoms with E-state index in [1.165, 1.54) is 11.3 Å². The van der Waals surface area contributed by atoms with Crippen LogP contribution in [-0.2, 0) is 4.79 Å². The van der Waals surface area contributed by atoms with Gasteiger partial charge in [-0.2, -0.15) is 0 Å². The summed E-state index contributed by atoms with van der Waals surface area (Å²) in [6, 6.07) is 3.50. The van der Waals surface area contributed by atoms with Crippen molar-refractivity contribution in [3.63, 3.8) is 0 Å². The van der Waals surface area contributed by atoms with E-state index in [1.54, 1.807) is 11.6 Å². The third-order valence-corrected chi connectivity index (χ3v) is 3.62. The Balaban J connectivity index is 2.07. The van der Waals surface area contributed by atoms with Crippen molar-refractivity contribution in [3.8, 4) is 0 Å². The largest absolute Gasteiger partial charge is 0.379 e. The number of nitrogens with two attached hydrogens (primary N) is 1. The SMILES string of the molecule is NC(=O)CCCCNc1ccc2scnc2c1[N+](=O)[O-]. The second kappa shape index (κ2) is 6.29. The van der Waals surface area contributed by atoms with Gasteiger partial charge < -0.3 is 11.1 Å². The zero-order chi connectivity index (χ0) is 14.5. The monoisotopic (exact) mass is 294 g/mol. The van der Waals surface area contributed by atoms with Crippen molar-refractivity contribution in [1.82, 2.24) is 4.98 Å². The number of fused-ring (bicyclic) bond motifs is 1. The van der Waals surface area contributed by atoms with E-state index in [0.29, 0.717) is 30.6 Å². The first-order valence-corrected chi connectivity index (χ1v) is 7.00. The molecule has 2 aromatic rings. The Morgan fingerprint density at radius 3 is 2.95 bits per heavy atom. The highest BCUT2D eigenvalue weighted by Crippen LogP contribution is 2.34. The number of anilines is 1. The molecule has 0 unspecified atom stereocenters. The van der Waals surface area contributed by atoms with Gasteiger partial charge in [-0.1, -0.05) is 0 Å². The van der Waals surface area contributed by atoms with Gasteiger partial charge in [-0.3, -0.25) is 14.9 Å². The molecule has 0 spiro atoms. The van der Waals surface area contributed by atoms with Crippen LogP contribution in [0.1, 0.15) is 19.3 Å². The molecule has 0 aliphatic rings. The van der Waals surface area contributed by atoms with Gasteiger partial charge in [0.05, 0.1) is 15.1 Å². The van der Waals surface area contributed by atoms with E-state index < -0.39 is 4.92 Å². The second-order valence-corrected chi connectivity index (χ2v) is 5.15. The predicted molar refractivity (Wildman–Crippen MR) is 77.8 cm³/mol. The molecule has 1 aromatic heterocycles. The normalized spacial score (nSPS) is 10.6. The molecule has 1 heterocycles. The smallest absolute Gasteiger partial charge is 0.319 e. The van der Waals surface area contributed by atoms with Gasteiger partial charge in [-0.15, -0.1) is 11.3 Å². The second-order valence-electron chi connectivity index (χ2n) is 4.27. The van der Waals surface area contributed by atoms with E-state index in [0.717, 1.165) is 11.1 Å². The number of hydrogen-bond acceptors (Lipinski definition) is 6. The number of nitro benzene ring substituents is 1. The minimum Gasteiger partial charge on any atom is -0.379 e. The molecule has 0 fully saturated rings. The lowest BCUT2D eigenvalue weighted by molar-refractivity contribution is -0.382. The number of primary amides is 1. The van der Waals surface area contributed by atoms with Crippen molar-refractivity contribution >= 4 is 38.8 Å². The zero-order valence-corrected chi connectivity index (χ0v) is 11.5. The summed E-state index contributed by atoms with van der Waals surface area (Å²) in [6.45, 7) is 0.545. The average Bonchev–Trinajstić information content (AvgIpc) is 2.85. The lowest BCUT2D eigenvalue weighted by atomic mass is 10.2. The van der Waals surface area contributed by atoms with Crippen LogP contribution < -0.4 is 11.1 Å². The quantitative estimate of drug-likeness (QED) is 0.462. The van der Waals surface area contributed by atoms with Crippen molar-refractivity contribution in [3.05, 3.63) is 27.8 Å². The summed E-state index contributed by atoms with van der Waals surface area (Å²) in [5.41, 5.74) is 7.49. The molecule has 0 saturated heterocycles. The molecule has 0 aliphatic carbocycles. The third kappa shape index (κ3) is 3.21. The van der Waals surface area contributed by atoms with Gasteiger partial charge in [0.1, 0.15) is 5.69 Å². The van der Waals surface area contributed by atoms with Crippen LogP contribution in [0.15, 0.2) is 17.6 Å². The highest BCUT2D eigenvalue weighted by atomic mass is 32.1. The summed E-state index contributed by atoms with van der Waals surface area (Å²) in [7, 11) is 0. The number of carbonyl (C=O) groups excluding carboxylic acids is 1. The van der Waals surface area contributed by atoms with Crippen LogP contribution in [0.2, 0.25) is 0 Å². The molecule has 0 atom stereocenters. The number of carbonyl (C=O) groups is 1. The molecule has 106 valence electrons. The summed E-state index contributed by atoms with van der Waals surface area (Å²) in [6.07, 6.45) is 1.71. The molecule has 0 saturated carbocycles. The fourth-order valence-electron chi connectivity index (χ4n) is 1.89. The van der Waals surface area contributed by atoms with Crippen LogP contribution in [0, 0.1) is 10.1 Å². The van der Waals surface area contributed by atoms with E-state index in [4.69, 9.17) is 5.73 Å². The molecule has 7 nitrogen and oxygen atoms in total. The molecule has 8 heteroatoms. The number of nitrogens with zero attached hydrogens (tertiary/aromatic N) is 2. The highest BCUT2D eigenvalue weighted by molar-refractivity contribution is 7.16. The summed E-state index contributed by atoms with van der Waals surface area (Å²) in [5, 5.41) is 14.2. The number of rotatable bonds is 7. The van der Waals surface area contributed by atoms with Crippen molar-refractivity contribution < 1.29 is 9.72 Å². The van der Waals surface area contributed by atoms with Gasteiger partial charge in [0, 0.05) is 13.0 Å². The van der Waals surface area contributed by atoms with Gasteiger partial charge in [-0.05, 0) is 25.0 Å². The van der Waals surface area contributed by atoms with Crippen molar-refractivity contribution in [2.24, 2.45) is 5.73 Å². The minimum atomic E-state index is -0.423. The van der Waals surface area contributed by atoms with E-state index in [2.05, 4.69) is 10.3 Å². The van der Waals surface area contributed by atoms with Crippen LogP contribution in [0.5, 0.6) is 0 Å². The predicted octanol–water partition coefficient (Wildman–Crippen LogP) is 2.27. The number of thiazole rings is 1. The Morgan fingerprint density at radius 2 is 2.25 bits per heavy atom. The van der Waals surface area contributed by atoms with Crippen molar-refractivity contribution in [2.75, 3.05) is 11.9 Å². The third-order valence-electron chi connectivity index (χ3n) is 2.82. The van der Waals surface area contributed by atoms with E-state index in [-0.39, 0.29) is 11.6 Å². The van der Waals surface area contributed by atoms with Gasteiger partial charge >= 0.3 is 5.69 Å². The molecule has 3 N–H and O–H groups in total. The van der Waals surface area contributed by atoms with Crippen LogP contribution in [0.4, 0.5) is 11.4 Å². The van der Waals surface area contributed by atoms with Crippen LogP contribution >= 0.6 is 11.3 Å². The Morgan fingerprint density at radius 1 is 1.45 bits per heavy atom. The Kier molecular flexibility index (Phi) is 4.46. The van der Waals surface area contributed by atoms with E-state index >= 15 is 0 Å². The summed E-state index contributed by atoms with van der Waals surface area (Å²) < 4.78 is 0.788. The maximum absolute atomic E-state index is 11.2. The van der Waals surface area contributed by atoms with Gasteiger partial charge in [-0.25, -0.2) is 4.98 Å². The van der Waals surface area contributed by atoms with Crippen molar-refractivity contribution in [2.45, 2.75) is 19.3 Å². The molecule has 20 heavy (non-hydrogen) atoms. The van der Waals surface area contributed by atoms with E-state index in [9.17, 15) is 14.9 Å². The Labute approximate surface area is 119 Å². The maximum Gasteiger partial charge on any atom is 0.319 e. The number of amides is 1. The number of benzene rings is 1. The van der Waals surface area contributed by atoms with Crippen LogP contribution in [0.25, 0.3) is 10.2 Å². The molecular weight excluding hydrogens is 280 g/mol. The molecular formula is C12H14N4O3S. The van der Waals surface area contributed by atoms with Crippen LogP contribution in [-0.4, -0.2) is 22.4 Å². The van der Waals surface area contributed by atoms with Crippen molar-refractivity contribution in [1.29, 1.82) is 0 Å². The average molecular weight is 294 g/mol.